The monoisotopic (exact) mass is 436 g/mol. The summed E-state index contributed by atoms with van der Waals surface area (Å²) < 4.78 is 34.1. The Kier molecular flexibility index (Phi) is 5.45. The first kappa shape index (κ1) is 20.9. The van der Waals surface area contributed by atoms with Crippen LogP contribution in [0.3, 0.4) is 0 Å². The third-order valence-electron chi connectivity index (χ3n) is 5.20. The predicted octanol–water partition coefficient (Wildman–Crippen LogP) is 4.21. The van der Waals surface area contributed by atoms with Gasteiger partial charge in [0.1, 0.15) is 5.75 Å². The summed E-state index contributed by atoms with van der Waals surface area (Å²) in [5, 5.41) is 2.81. The van der Waals surface area contributed by atoms with Gasteiger partial charge in [0.25, 0.3) is 15.9 Å². The zero-order chi connectivity index (χ0) is 22.2. The lowest BCUT2D eigenvalue weighted by Crippen LogP contribution is -2.48. The van der Waals surface area contributed by atoms with Crippen LogP contribution in [0.5, 0.6) is 5.75 Å². The van der Waals surface area contributed by atoms with Crippen LogP contribution in [0.2, 0.25) is 0 Å². The van der Waals surface area contributed by atoms with E-state index in [9.17, 15) is 13.2 Å². The average Bonchev–Trinajstić information content (AvgIpc) is 2.74. The van der Waals surface area contributed by atoms with Crippen molar-refractivity contribution in [3.63, 3.8) is 0 Å². The van der Waals surface area contributed by atoms with E-state index >= 15 is 0 Å². The van der Waals surface area contributed by atoms with Crippen molar-refractivity contribution in [1.82, 2.24) is 0 Å². The second-order valence-corrected chi connectivity index (χ2v) is 9.64. The number of aryl methyl sites for hydroxylation is 3. The summed E-state index contributed by atoms with van der Waals surface area (Å²) >= 11 is 0. The Labute approximate surface area is 182 Å². The first-order valence-corrected chi connectivity index (χ1v) is 11.4. The summed E-state index contributed by atoms with van der Waals surface area (Å²) in [6.07, 6.45) is -0.989. The van der Waals surface area contributed by atoms with E-state index in [4.69, 9.17) is 4.74 Å². The van der Waals surface area contributed by atoms with Gasteiger partial charge in [0.15, 0.2) is 6.10 Å². The van der Waals surface area contributed by atoms with Crippen LogP contribution >= 0.6 is 0 Å². The van der Waals surface area contributed by atoms with Crippen LogP contribution in [0, 0.1) is 20.8 Å². The number of ether oxygens (including phenoxy) is 1. The molecule has 1 aliphatic rings. The lowest BCUT2D eigenvalue weighted by Gasteiger charge is -2.35. The van der Waals surface area contributed by atoms with Gasteiger partial charge in [0.2, 0.25) is 0 Å². The molecule has 3 aromatic rings. The van der Waals surface area contributed by atoms with E-state index in [1.165, 1.54) is 4.31 Å². The molecule has 0 radical (unpaired) electrons. The highest BCUT2D eigenvalue weighted by Crippen LogP contribution is 2.38. The van der Waals surface area contributed by atoms with E-state index in [1.807, 2.05) is 39.0 Å². The van der Waals surface area contributed by atoms with E-state index in [1.54, 1.807) is 48.5 Å². The molecule has 0 saturated carbocycles. The van der Waals surface area contributed by atoms with E-state index in [-0.39, 0.29) is 11.4 Å². The van der Waals surface area contributed by atoms with Crippen molar-refractivity contribution in [1.29, 1.82) is 0 Å². The lowest BCUT2D eigenvalue weighted by atomic mass is 10.1. The number of hydrogen-bond donors (Lipinski definition) is 1. The van der Waals surface area contributed by atoms with Gasteiger partial charge in [-0.1, -0.05) is 41.5 Å². The van der Waals surface area contributed by atoms with Crippen LogP contribution in [0.4, 0.5) is 11.4 Å². The Hall–Kier alpha value is -3.32. The third kappa shape index (κ3) is 4.27. The van der Waals surface area contributed by atoms with Crippen LogP contribution in [-0.4, -0.2) is 27.0 Å². The fourth-order valence-corrected chi connectivity index (χ4v) is 4.89. The highest BCUT2D eigenvalue weighted by Gasteiger charge is 2.37. The number of anilines is 2. The van der Waals surface area contributed by atoms with Crippen molar-refractivity contribution < 1.29 is 17.9 Å². The van der Waals surface area contributed by atoms with Gasteiger partial charge in [-0.15, -0.1) is 0 Å². The van der Waals surface area contributed by atoms with Gasteiger partial charge in [-0.05, 0) is 62.7 Å². The normalized spacial score (nSPS) is 15.7. The molecular formula is C24H24N2O4S. The van der Waals surface area contributed by atoms with Crippen molar-refractivity contribution in [3.05, 3.63) is 83.4 Å². The number of carbonyl (C=O) groups is 1. The molecule has 1 heterocycles. The summed E-state index contributed by atoms with van der Waals surface area (Å²) in [7, 11) is -3.88. The number of sulfonamides is 1. The van der Waals surface area contributed by atoms with Gasteiger partial charge < -0.3 is 10.1 Å². The topological polar surface area (TPSA) is 75.7 Å². The Morgan fingerprint density at radius 3 is 2.13 bits per heavy atom. The van der Waals surface area contributed by atoms with Crippen LogP contribution in [0.1, 0.15) is 16.7 Å². The van der Waals surface area contributed by atoms with Crippen molar-refractivity contribution in [2.24, 2.45) is 0 Å². The summed E-state index contributed by atoms with van der Waals surface area (Å²) in [6.45, 7) is 5.62. The summed E-state index contributed by atoms with van der Waals surface area (Å²) in [6, 6.07) is 19.3. The minimum atomic E-state index is -3.88. The maximum Gasteiger partial charge on any atom is 0.267 e. The minimum absolute atomic E-state index is 0.121. The summed E-state index contributed by atoms with van der Waals surface area (Å²) in [4.78, 5) is 13.1. The number of nitrogens with zero attached hydrogens (tertiary/aromatic N) is 1. The maximum atomic E-state index is 13.5. The highest BCUT2D eigenvalue weighted by atomic mass is 32.2. The van der Waals surface area contributed by atoms with E-state index in [0.29, 0.717) is 17.1 Å². The molecule has 4 rings (SSSR count). The van der Waals surface area contributed by atoms with Gasteiger partial charge in [-0.2, -0.15) is 0 Å². The molecule has 0 saturated heterocycles. The zero-order valence-electron chi connectivity index (χ0n) is 17.6. The number of amides is 1. The predicted molar refractivity (Wildman–Crippen MR) is 121 cm³/mol. The second-order valence-electron chi connectivity index (χ2n) is 7.78. The Bertz CT molecular complexity index is 1220. The quantitative estimate of drug-likeness (QED) is 0.665. The van der Waals surface area contributed by atoms with Gasteiger partial charge in [-0.25, -0.2) is 8.42 Å². The van der Waals surface area contributed by atoms with Crippen LogP contribution in [0.25, 0.3) is 0 Å². The molecular weight excluding hydrogens is 412 g/mol. The van der Waals surface area contributed by atoms with E-state index < -0.39 is 22.0 Å². The molecule has 0 bridgehead atoms. The number of fused-ring (bicyclic) bond motifs is 1. The van der Waals surface area contributed by atoms with Crippen molar-refractivity contribution in [2.75, 3.05) is 16.2 Å². The largest absolute Gasteiger partial charge is 0.476 e. The third-order valence-corrected chi connectivity index (χ3v) is 7.00. The summed E-state index contributed by atoms with van der Waals surface area (Å²) in [5.74, 6) is -0.0456. The molecule has 1 atom stereocenters. The minimum Gasteiger partial charge on any atom is -0.476 e. The first-order valence-electron chi connectivity index (χ1n) is 9.98. The van der Waals surface area contributed by atoms with Gasteiger partial charge in [0, 0.05) is 5.69 Å². The molecule has 1 N–H and O–H groups in total. The van der Waals surface area contributed by atoms with Crippen molar-refractivity contribution >= 4 is 27.3 Å². The fourth-order valence-electron chi connectivity index (χ4n) is 3.42. The first-order chi connectivity index (χ1) is 14.7. The zero-order valence-corrected chi connectivity index (χ0v) is 18.4. The Morgan fingerprint density at radius 2 is 1.48 bits per heavy atom. The lowest BCUT2D eigenvalue weighted by molar-refractivity contribution is -0.122. The average molecular weight is 437 g/mol. The standard InChI is InChI=1S/C24H24N2O4S/c1-16-4-9-19(10-5-16)25-24(27)23-15-26(21-14-18(3)8-13-22(21)30-23)31(28,29)20-11-6-17(2)7-12-20/h4-14,23H,15H2,1-3H3,(H,25,27). The van der Waals surface area contributed by atoms with Gasteiger partial charge in [-0.3, -0.25) is 9.10 Å². The smallest absolute Gasteiger partial charge is 0.267 e. The molecule has 0 spiro atoms. The Balaban J connectivity index is 1.69. The maximum absolute atomic E-state index is 13.5. The Morgan fingerprint density at radius 1 is 0.903 bits per heavy atom. The number of carbonyl (C=O) groups excluding carboxylic acids is 1. The number of hydrogen-bond acceptors (Lipinski definition) is 4. The molecule has 1 aliphatic heterocycles. The molecule has 160 valence electrons. The van der Waals surface area contributed by atoms with Crippen molar-refractivity contribution in [3.8, 4) is 5.75 Å². The number of rotatable bonds is 4. The fraction of sp³-hybridized carbons (Fsp3) is 0.208. The number of nitrogens with one attached hydrogen (secondary N) is 1. The van der Waals surface area contributed by atoms with Crippen molar-refractivity contribution in [2.45, 2.75) is 31.8 Å². The molecule has 0 aliphatic carbocycles. The molecule has 0 aromatic heterocycles. The highest BCUT2D eigenvalue weighted by molar-refractivity contribution is 7.92. The molecule has 6 nitrogen and oxygen atoms in total. The second kappa shape index (κ2) is 8.07. The SMILES string of the molecule is Cc1ccc(NC(=O)C2CN(S(=O)(=O)c3ccc(C)cc3)c3cc(C)ccc3O2)cc1. The van der Waals surface area contributed by atoms with Gasteiger partial charge in [0.05, 0.1) is 17.1 Å². The van der Waals surface area contributed by atoms with Crippen LogP contribution in [0.15, 0.2) is 71.6 Å². The molecule has 0 fully saturated rings. The molecule has 1 amide bonds. The van der Waals surface area contributed by atoms with Crippen LogP contribution in [-0.2, 0) is 14.8 Å². The molecule has 31 heavy (non-hydrogen) atoms. The van der Waals surface area contributed by atoms with E-state index in [0.717, 1.165) is 16.7 Å². The molecule has 7 heteroatoms. The molecule has 1 unspecified atom stereocenters. The molecule has 3 aromatic carbocycles. The van der Waals surface area contributed by atoms with E-state index in [2.05, 4.69) is 5.32 Å². The number of benzene rings is 3. The van der Waals surface area contributed by atoms with Crippen LogP contribution < -0.4 is 14.4 Å². The summed E-state index contributed by atoms with van der Waals surface area (Å²) in [5.41, 5.74) is 4.00. The van der Waals surface area contributed by atoms with Gasteiger partial charge >= 0.3 is 0 Å².